The third kappa shape index (κ3) is 5.62. The van der Waals surface area contributed by atoms with Crippen molar-refractivity contribution in [2.75, 3.05) is 0 Å². The third-order valence-corrected chi connectivity index (χ3v) is 11.6. The number of pyridine rings is 1. The fourth-order valence-electron chi connectivity index (χ4n) is 8.57. The van der Waals surface area contributed by atoms with Gasteiger partial charge in [-0.2, -0.15) is 6.07 Å². The standard InChI is InChI=1S/C46H47N3O2.Pt/c1-26-12-15-37-36(20-26)34-14-13-33(24-38(34)49(37)41-23-32(16-17-47-41)44(6,7)8)50-39-25-35(28(3)21-29(39)4)43-48-46(11)40(51-43)22-31-19-27(2)18-30(5)42(31)45(46,9)10;/h12-21,23,40H,22H2,1-11H3;/q-2;+2/t40-,46+;/m0./s1. The van der Waals surface area contributed by atoms with Crippen molar-refractivity contribution >= 4 is 27.7 Å². The Labute approximate surface area is 322 Å². The number of aryl methyl sites for hydroxylation is 5. The molecule has 5 nitrogen and oxygen atoms in total. The summed E-state index contributed by atoms with van der Waals surface area (Å²) < 4.78 is 15.7. The van der Waals surface area contributed by atoms with E-state index in [1.54, 1.807) is 0 Å². The second kappa shape index (κ2) is 12.4. The summed E-state index contributed by atoms with van der Waals surface area (Å²) in [7, 11) is 0. The van der Waals surface area contributed by atoms with Crippen LogP contribution in [0.5, 0.6) is 11.5 Å². The van der Waals surface area contributed by atoms with Gasteiger partial charge in [0.15, 0.2) is 0 Å². The van der Waals surface area contributed by atoms with E-state index in [0.717, 1.165) is 50.7 Å². The van der Waals surface area contributed by atoms with Gasteiger partial charge in [0.25, 0.3) is 0 Å². The Morgan fingerprint density at radius 2 is 1.60 bits per heavy atom. The van der Waals surface area contributed by atoms with Crippen molar-refractivity contribution in [1.29, 1.82) is 0 Å². The molecule has 6 aromatic rings. The van der Waals surface area contributed by atoms with Gasteiger partial charge in [-0.3, -0.25) is 4.99 Å². The average molecular weight is 869 g/mol. The molecule has 1 aliphatic carbocycles. The Kier molecular flexibility index (Phi) is 8.65. The number of hydrogen-bond acceptors (Lipinski definition) is 4. The van der Waals surface area contributed by atoms with E-state index in [1.807, 2.05) is 12.3 Å². The number of benzene rings is 4. The summed E-state index contributed by atoms with van der Waals surface area (Å²) in [6, 6.07) is 29.0. The fourth-order valence-corrected chi connectivity index (χ4v) is 8.57. The van der Waals surface area contributed by atoms with E-state index in [0.29, 0.717) is 17.4 Å². The maximum Gasteiger partial charge on any atom is 2.00 e. The van der Waals surface area contributed by atoms with Crippen molar-refractivity contribution in [3.05, 3.63) is 129 Å². The van der Waals surface area contributed by atoms with Crippen molar-refractivity contribution in [2.24, 2.45) is 4.99 Å². The second-order valence-electron chi connectivity index (χ2n) is 16.7. The first-order chi connectivity index (χ1) is 24.0. The smallest absolute Gasteiger partial charge is 0.514 e. The Morgan fingerprint density at radius 1 is 0.827 bits per heavy atom. The summed E-state index contributed by atoms with van der Waals surface area (Å²) in [6.07, 6.45) is 2.66. The van der Waals surface area contributed by atoms with Crippen molar-refractivity contribution in [1.82, 2.24) is 9.55 Å². The van der Waals surface area contributed by atoms with E-state index in [9.17, 15) is 0 Å². The first-order valence-electron chi connectivity index (χ1n) is 18.1. The van der Waals surface area contributed by atoms with Crippen LogP contribution in [0.15, 0.2) is 71.9 Å². The minimum absolute atomic E-state index is 0. The molecule has 0 amide bonds. The molecule has 0 radical (unpaired) electrons. The zero-order valence-corrected chi connectivity index (χ0v) is 34.4. The summed E-state index contributed by atoms with van der Waals surface area (Å²) in [5.74, 6) is 2.75. The van der Waals surface area contributed by atoms with Gasteiger partial charge < -0.3 is 14.0 Å². The molecule has 0 saturated carbocycles. The van der Waals surface area contributed by atoms with Crippen LogP contribution < -0.4 is 4.74 Å². The Hall–Kier alpha value is -4.21. The summed E-state index contributed by atoms with van der Waals surface area (Å²) in [6.45, 7) is 24.3. The molecule has 2 aliphatic rings. The van der Waals surface area contributed by atoms with Crippen molar-refractivity contribution in [3.63, 3.8) is 0 Å². The van der Waals surface area contributed by atoms with E-state index in [1.165, 1.54) is 33.4 Å². The van der Waals surface area contributed by atoms with Gasteiger partial charge in [-0.1, -0.05) is 107 Å². The van der Waals surface area contributed by atoms with Crippen LogP contribution in [0.4, 0.5) is 0 Å². The quantitative estimate of drug-likeness (QED) is 0.166. The molecule has 6 heteroatoms. The van der Waals surface area contributed by atoms with E-state index in [-0.39, 0.29) is 38.0 Å². The molecule has 0 fully saturated rings. The van der Waals surface area contributed by atoms with Gasteiger partial charge in [-0.25, -0.2) is 4.98 Å². The van der Waals surface area contributed by atoms with Gasteiger partial charge in [0.1, 0.15) is 17.8 Å². The molecule has 52 heavy (non-hydrogen) atoms. The van der Waals surface area contributed by atoms with Crippen molar-refractivity contribution in [2.45, 2.75) is 105 Å². The van der Waals surface area contributed by atoms with E-state index in [4.69, 9.17) is 19.5 Å². The van der Waals surface area contributed by atoms with Crippen LogP contribution in [0.1, 0.15) is 91.6 Å². The van der Waals surface area contributed by atoms with Gasteiger partial charge in [0.2, 0.25) is 0 Å². The fraction of sp³-hybridized carbons (Fsp3) is 0.348. The number of ether oxygens (including phenoxy) is 2. The van der Waals surface area contributed by atoms with Crippen molar-refractivity contribution in [3.8, 4) is 17.3 Å². The van der Waals surface area contributed by atoms with Crippen LogP contribution in [0.2, 0.25) is 0 Å². The average Bonchev–Trinajstić information content (AvgIpc) is 3.56. The first-order valence-corrected chi connectivity index (χ1v) is 18.1. The summed E-state index contributed by atoms with van der Waals surface area (Å²) in [4.78, 5) is 10.2. The largest absolute Gasteiger partial charge is 2.00 e. The summed E-state index contributed by atoms with van der Waals surface area (Å²) in [5.41, 5.74) is 12.0. The molecule has 2 aromatic heterocycles. The van der Waals surface area contributed by atoms with Crippen LogP contribution in [0.25, 0.3) is 27.6 Å². The molecule has 0 saturated heterocycles. The molecule has 0 N–H and O–H groups in total. The van der Waals surface area contributed by atoms with Crippen LogP contribution in [-0.4, -0.2) is 27.1 Å². The van der Waals surface area contributed by atoms with Crippen molar-refractivity contribution < 1.29 is 30.5 Å². The molecule has 1 aliphatic heterocycles. The number of rotatable bonds is 4. The van der Waals surface area contributed by atoms with Gasteiger partial charge in [0.05, 0.1) is 5.54 Å². The SMILES string of the molecule is Cc1cc(C)c2c(c1)C[C@@H]1OC(c3[c-]c(Oc4[c-]c5c(cc4)c4cc(C)ccc4n5-c4cc(C(C)(C)C)ccn4)c(C)cc3C)=N[C@@]1(C)C2(C)C.[Pt+2]. The predicted octanol–water partition coefficient (Wildman–Crippen LogP) is 10.8. The maximum atomic E-state index is 6.80. The maximum absolute atomic E-state index is 6.80. The Balaban J connectivity index is 0.00000420. The first kappa shape index (κ1) is 36.2. The Bertz CT molecular complexity index is 2450. The van der Waals surface area contributed by atoms with Crippen LogP contribution in [0.3, 0.4) is 0 Å². The van der Waals surface area contributed by atoms with E-state index >= 15 is 0 Å². The van der Waals surface area contributed by atoms with Gasteiger partial charge in [-0.15, -0.1) is 29.1 Å². The number of aromatic nitrogens is 2. The van der Waals surface area contributed by atoms with E-state index in [2.05, 4.69) is 147 Å². The number of fused-ring (bicyclic) bond motifs is 5. The van der Waals surface area contributed by atoms with Gasteiger partial charge in [0, 0.05) is 35.0 Å². The number of hydrogen-bond donors (Lipinski definition) is 0. The number of nitrogens with zero attached hydrogens (tertiary/aromatic N) is 3. The molecule has 3 heterocycles. The van der Waals surface area contributed by atoms with Gasteiger partial charge >= 0.3 is 21.1 Å². The molecule has 268 valence electrons. The summed E-state index contributed by atoms with van der Waals surface area (Å²) in [5, 5.41) is 2.27. The summed E-state index contributed by atoms with van der Waals surface area (Å²) >= 11 is 0. The molecule has 0 spiro atoms. The number of aliphatic imine (C=N–C) groups is 1. The minimum Gasteiger partial charge on any atom is -0.514 e. The molecular weight excluding hydrogens is 822 g/mol. The minimum atomic E-state index is -0.426. The van der Waals surface area contributed by atoms with Crippen LogP contribution in [0, 0.1) is 46.8 Å². The van der Waals surface area contributed by atoms with E-state index < -0.39 is 5.54 Å². The normalized spacial score (nSPS) is 19.1. The monoisotopic (exact) mass is 868 g/mol. The zero-order valence-electron chi connectivity index (χ0n) is 32.1. The molecule has 8 rings (SSSR count). The topological polar surface area (TPSA) is 48.6 Å². The molecule has 0 unspecified atom stereocenters. The molecular formula is C46H47N3O2Pt. The van der Waals surface area contributed by atoms with Crippen LogP contribution >= 0.6 is 0 Å². The Morgan fingerprint density at radius 3 is 2.35 bits per heavy atom. The second-order valence-corrected chi connectivity index (χ2v) is 16.7. The molecule has 0 bridgehead atoms. The van der Waals surface area contributed by atoms with Crippen LogP contribution in [-0.2, 0) is 43.1 Å². The predicted molar refractivity (Wildman–Crippen MR) is 208 cm³/mol. The molecule has 4 aromatic carbocycles. The van der Waals surface area contributed by atoms with Gasteiger partial charge in [-0.05, 0) is 78.9 Å². The zero-order chi connectivity index (χ0) is 36.2. The molecule has 2 atom stereocenters. The third-order valence-electron chi connectivity index (χ3n) is 11.6.